The number of halogens is 2. The lowest BCUT2D eigenvalue weighted by molar-refractivity contribution is 0.0494. The van der Waals surface area contributed by atoms with Crippen molar-refractivity contribution in [1.82, 2.24) is 4.90 Å². The van der Waals surface area contributed by atoms with Crippen molar-refractivity contribution >= 4 is 22.6 Å². The van der Waals surface area contributed by atoms with Crippen LogP contribution in [0.5, 0.6) is 5.75 Å². The molecular weight excluding hydrogens is 377 g/mol. The van der Waals surface area contributed by atoms with Gasteiger partial charge in [0.1, 0.15) is 23.3 Å². The number of fused-ring (bicyclic) bond motifs is 1. The average Bonchev–Trinajstić information content (AvgIpc) is 3.05. The van der Waals surface area contributed by atoms with Crippen LogP contribution in [0, 0.1) is 5.82 Å². The summed E-state index contributed by atoms with van der Waals surface area (Å²) >= 11 is 6.54. The third kappa shape index (κ3) is 3.40. The monoisotopic (exact) mass is 399 g/mol. The second-order valence-corrected chi connectivity index (χ2v) is 8.28. The summed E-state index contributed by atoms with van der Waals surface area (Å²) in [5.74, 6) is 0.421. The van der Waals surface area contributed by atoms with Gasteiger partial charge in [0.15, 0.2) is 0 Å². The zero-order chi connectivity index (χ0) is 19.1. The van der Waals surface area contributed by atoms with Crippen LogP contribution in [0.15, 0.2) is 47.1 Å². The van der Waals surface area contributed by atoms with Gasteiger partial charge >= 0.3 is 0 Å². The molecule has 0 spiro atoms. The van der Waals surface area contributed by atoms with Crippen molar-refractivity contribution in [3.8, 4) is 16.9 Å². The van der Waals surface area contributed by atoms with Crippen molar-refractivity contribution < 1.29 is 13.5 Å². The SMILES string of the molecule is Fc1ccc(-c2coc3cc(OC4CCN(C5CCC5)CC4)c(Cl)cc23)cc1. The van der Waals surface area contributed by atoms with Crippen LogP contribution < -0.4 is 4.74 Å². The minimum Gasteiger partial charge on any atom is -0.489 e. The van der Waals surface area contributed by atoms with Gasteiger partial charge in [-0.2, -0.15) is 0 Å². The highest BCUT2D eigenvalue weighted by Crippen LogP contribution is 2.38. The Kier molecular flexibility index (Phi) is 4.77. The van der Waals surface area contributed by atoms with Crippen LogP contribution in [-0.2, 0) is 0 Å². The summed E-state index contributed by atoms with van der Waals surface area (Å²) in [7, 11) is 0. The fraction of sp³-hybridized carbons (Fsp3) is 0.391. The normalized spacial score (nSPS) is 19.1. The lowest BCUT2D eigenvalue weighted by Crippen LogP contribution is -2.46. The molecule has 28 heavy (non-hydrogen) atoms. The Morgan fingerprint density at radius 2 is 1.79 bits per heavy atom. The average molecular weight is 400 g/mol. The predicted octanol–water partition coefficient (Wildman–Crippen LogP) is 6.29. The third-order valence-electron chi connectivity index (χ3n) is 6.14. The van der Waals surface area contributed by atoms with Crippen molar-refractivity contribution in [2.24, 2.45) is 0 Å². The molecule has 0 bridgehead atoms. The number of piperidine rings is 1. The van der Waals surface area contributed by atoms with E-state index in [0.717, 1.165) is 54.1 Å². The number of nitrogens with zero attached hydrogens (tertiary/aromatic N) is 1. The fourth-order valence-electron chi connectivity index (χ4n) is 4.26. The Labute approximate surface area is 169 Å². The molecule has 1 aliphatic carbocycles. The standard InChI is InChI=1S/C23H23ClFNO2/c24-21-12-19-20(15-4-6-16(25)7-5-15)14-27-22(19)13-23(21)28-18-8-10-26(11-9-18)17-2-1-3-17/h4-7,12-14,17-18H,1-3,8-11H2. The predicted molar refractivity (Wildman–Crippen MR) is 109 cm³/mol. The Bertz CT molecular complexity index is 972. The highest BCUT2D eigenvalue weighted by Gasteiger charge is 2.29. The molecular formula is C23H23ClFNO2. The lowest BCUT2D eigenvalue weighted by atomic mass is 9.90. The van der Waals surface area contributed by atoms with E-state index in [2.05, 4.69) is 4.90 Å². The molecule has 2 heterocycles. The first kappa shape index (κ1) is 18.0. The molecule has 2 aliphatic rings. The van der Waals surface area contributed by atoms with Crippen molar-refractivity contribution in [2.75, 3.05) is 13.1 Å². The molecule has 0 amide bonds. The molecule has 3 nitrogen and oxygen atoms in total. The van der Waals surface area contributed by atoms with Crippen molar-refractivity contribution in [3.63, 3.8) is 0 Å². The van der Waals surface area contributed by atoms with Gasteiger partial charge in [-0.15, -0.1) is 0 Å². The molecule has 3 aromatic rings. The van der Waals surface area contributed by atoms with Gasteiger partial charge < -0.3 is 14.1 Å². The van der Waals surface area contributed by atoms with Gasteiger partial charge in [0, 0.05) is 36.1 Å². The quantitative estimate of drug-likeness (QED) is 0.515. The minimum atomic E-state index is -0.256. The molecule has 146 valence electrons. The first-order valence-electron chi connectivity index (χ1n) is 10.0. The van der Waals surface area contributed by atoms with E-state index in [1.54, 1.807) is 18.4 Å². The summed E-state index contributed by atoms with van der Waals surface area (Å²) in [6.45, 7) is 2.20. The van der Waals surface area contributed by atoms with E-state index in [0.29, 0.717) is 10.8 Å². The summed E-state index contributed by atoms with van der Waals surface area (Å²) < 4.78 is 25.2. The molecule has 0 N–H and O–H groups in total. The summed E-state index contributed by atoms with van der Waals surface area (Å²) in [4.78, 5) is 2.61. The summed E-state index contributed by atoms with van der Waals surface area (Å²) in [6, 6.07) is 10.9. The van der Waals surface area contributed by atoms with E-state index < -0.39 is 0 Å². The highest BCUT2D eigenvalue weighted by molar-refractivity contribution is 6.33. The number of hydrogen-bond donors (Lipinski definition) is 0. The molecule has 2 aromatic carbocycles. The topological polar surface area (TPSA) is 25.6 Å². The Hall–Kier alpha value is -2.04. The molecule has 0 atom stereocenters. The molecule has 1 aromatic heterocycles. The summed E-state index contributed by atoms with van der Waals surface area (Å²) in [6.07, 6.45) is 8.02. The largest absolute Gasteiger partial charge is 0.489 e. The first-order chi connectivity index (χ1) is 13.7. The maximum absolute atomic E-state index is 13.2. The number of rotatable bonds is 4. The van der Waals surface area contributed by atoms with Gasteiger partial charge in [0.25, 0.3) is 0 Å². The van der Waals surface area contributed by atoms with Crippen molar-refractivity contribution in [2.45, 2.75) is 44.2 Å². The lowest BCUT2D eigenvalue weighted by Gasteiger charge is -2.41. The van der Waals surface area contributed by atoms with Gasteiger partial charge in [-0.05, 0) is 49.4 Å². The van der Waals surface area contributed by atoms with E-state index in [9.17, 15) is 4.39 Å². The number of furan rings is 1. The maximum Gasteiger partial charge on any atom is 0.142 e. The molecule has 1 saturated heterocycles. The van der Waals surface area contributed by atoms with E-state index in [4.69, 9.17) is 20.8 Å². The fourth-order valence-corrected chi connectivity index (χ4v) is 4.47. The van der Waals surface area contributed by atoms with Crippen molar-refractivity contribution in [3.05, 3.63) is 53.5 Å². The molecule has 2 fully saturated rings. The van der Waals surface area contributed by atoms with E-state index in [-0.39, 0.29) is 11.9 Å². The molecule has 1 aliphatic heterocycles. The van der Waals surface area contributed by atoms with Crippen LogP contribution in [-0.4, -0.2) is 30.1 Å². The highest BCUT2D eigenvalue weighted by atomic mass is 35.5. The van der Waals surface area contributed by atoms with Crippen LogP contribution in [0.2, 0.25) is 5.02 Å². The van der Waals surface area contributed by atoms with Crippen molar-refractivity contribution in [1.29, 1.82) is 0 Å². The third-order valence-corrected chi connectivity index (χ3v) is 6.44. The molecule has 5 rings (SSSR count). The van der Waals surface area contributed by atoms with E-state index in [1.807, 2.05) is 12.1 Å². The summed E-state index contributed by atoms with van der Waals surface area (Å²) in [5, 5.41) is 1.49. The first-order valence-corrected chi connectivity index (χ1v) is 10.4. The van der Waals surface area contributed by atoms with Gasteiger partial charge in [-0.3, -0.25) is 0 Å². The van der Waals surface area contributed by atoms with E-state index >= 15 is 0 Å². The molecule has 0 unspecified atom stereocenters. The van der Waals surface area contributed by atoms with Gasteiger partial charge in [0.2, 0.25) is 0 Å². The van der Waals surface area contributed by atoms with Crippen LogP contribution in [0.25, 0.3) is 22.1 Å². The van der Waals surface area contributed by atoms with Crippen LogP contribution in [0.1, 0.15) is 32.1 Å². The molecule has 0 radical (unpaired) electrons. The number of ether oxygens (including phenoxy) is 1. The number of likely N-dealkylation sites (tertiary alicyclic amines) is 1. The van der Waals surface area contributed by atoms with Crippen LogP contribution >= 0.6 is 11.6 Å². The second kappa shape index (κ2) is 7.41. The second-order valence-electron chi connectivity index (χ2n) is 7.87. The zero-order valence-electron chi connectivity index (χ0n) is 15.7. The van der Waals surface area contributed by atoms with Crippen LogP contribution in [0.4, 0.5) is 4.39 Å². The Morgan fingerprint density at radius 1 is 1.04 bits per heavy atom. The summed E-state index contributed by atoms with van der Waals surface area (Å²) in [5.41, 5.74) is 2.52. The minimum absolute atomic E-state index is 0.192. The van der Waals surface area contributed by atoms with Crippen LogP contribution in [0.3, 0.4) is 0 Å². The van der Waals surface area contributed by atoms with Gasteiger partial charge in [-0.25, -0.2) is 4.39 Å². The van der Waals surface area contributed by atoms with Gasteiger partial charge in [-0.1, -0.05) is 30.2 Å². The molecule has 1 saturated carbocycles. The zero-order valence-corrected chi connectivity index (χ0v) is 16.4. The molecule has 5 heteroatoms. The number of benzene rings is 2. The Balaban J connectivity index is 1.33. The smallest absolute Gasteiger partial charge is 0.142 e. The number of hydrogen-bond acceptors (Lipinski definition) is 3. The van der Waals surface area contributed by atoms with Gasteiger partial charge in [0.05, 0.1) is 11.3 Å². The van der Waals surface area contributed by atoms with E-state index in [1.165, 1.54) is 31.4 Å². The maximum atomic E-state index is 13.2. The Morgan fingerprint density at radius 3 is 2.46 bits per heavy atom.